The Kier molecular flexibility index (Phi) is 5.77. The van der Waals surface area contributed by atoms with Gasteiger partial charge in [-0.1, -0.05) is 67.6 Å². The van der Waals surface area contributed by atoms with Gasteiger partial charge < -0.3 is 4.90 Å². The number of nitrogens with zero attached hydrogens (tertiary/aromatic N) is 1. The zero-order chi connectivity index (χ0) is 18.6. The predicted molar refractivity (Wildman–Crippen MR) is 104 cm³/mol. The molecule has 0 spiro atoms. The highest BCUT2D eigenvalue weighted by Gasteiger charge is 2.34. The molecule has 0 saturated carbocycles. The fraction of sp³-hybridized carbons (Fsp3) is 0.381. The number of rotatable bonds is 4. The number of amides is 1. The second-order valence-electron chi connectivity index (χ2n) is 6.75. The largest absolute Gasteiger partial charge is 0.341 e. The molecule has 5 heteroatoms. The van der Waals surface area contributed by atoms with E-state index in [1.54, 1.807) is 4.90 Å². The van der Waals surface area contributed by atoms with E-state index >= 15 is 0 Å². The van der Waals surface area contributed by atoms with Crippen LogP contribution in [0, 0.1) is 0 Å². The molecule has 2 atom stereocenters. The lowest BCUT2D eigenvalue weighted by atomic mass is 9.95. The molecule has 138 valence electrons. The van der Waals surface area contributed by atoms with E-state index in [0.717, 1.165) is 11.1 Å². The van der Waals surface area contributed by atoms with Crippen LogP contribution in [0.4, 0.5) is 0 Å². The van der Waals surface area contributed by atoms with E-state index in [-0.39, 0.29) is 24.1 Å². The van der Waals surface area contributed by atoms with Crippen molar-refractivity contribution in [3.8, 4) is 0 Å². The predicted octanol–water partition coefficient (Wildman–Crippen LogP) is 3.57. The Bertz CT molecular complexity index is 834. The molecule has 2 unspecified atom stereocenters. The quantitative estimate of drug-likeness (QED) is 0.826. The first-order valence-electron chi connectivity index (χ1n) is 9.13. The first-order chi connectivity index (χ1) is 12.5. The van der Waals surface area contributed by atoms with Crippen molar-refractivity contribution in [1.29, 1.82) is 0 Å². The summed E-state index contributed by atoms with van der Waals surface area (Å²) in [4.78, 5) is 14.8. The van der Waals surface area contributed by atoms with Gasteiger partial charge >= 0.3 is 0 Å². The second kappa shape index (κ2) is 8.04. The molecule has 1 fully saturated rings. The molecule has 0 aromatic heterocycles. The molecule has 0 bridgehead atoms. The van der Waals surface area contributed by atoms with Gasteiger partial charge in [-0.25, -0.2) is 8.42 Å². The fourth-order valence-electron chi connectivity index (χ4n) is 3.66. The van der Waals surface area contributed by atoms with Crippen molar-refractivity contribution in [2.24, 2.45) is 0 Å². The highest BCUT2D eigenvalue weighted by molar-refractivity contribution is 7.91. The summed E-state index contributed by atoms with van der Waals surface area (Å²) in [5.74, 6) is -0.168. The van der Waals surface area contributed by atoms with Crippen LogP contribution in [-0.2, 0) is 14.6 Å². The molecular formula is C21H25NO3S. The average molecular weight is 372 g/mol. The smallest absolute Gasteiger partial charge is 0.230 e. The summed E-state index contributed by atoms with van der Waals surface area (Å²) in [6.07, 6.45) is 1.15. The van der Waals surface area contributed by atoms with E-state index in [1.165, 1.54) is 0 Å². The number of carbonyl (C=O) groups is 1. The number of carbonyl (C=O) groups excluding carboxylic acids is 1. The Morgan fingerprint density at radius 1 is 1.04 bits per heavy atom. The lowest BCUT2D eigenvalue weighted by Gasteiger charge is -2.25. The maximum atomic E-state index is 13.1. The molecule has 3 rings (SSSR count). The standard InChI is InChI=1S/C21H25NO3S/c1-2-19(17-9-5-3-6-10-17)21(23)22-14-13-20(26(24,25)16-15-22)18-11-7-4-8-12-18/h3-12,19-20H,2,13-16H2,1H3. The van der Waals surface area contributed by atoms with Gasteiger partial charge in [0.2, 0.25) is 5.91 Å². The summed E-state index contributed by atoms with van der Waals surface area (Å²) in [7, 11) is -3.27. The minimum atomic E-state index is -3.27. The van der Waals surface area contributed by atoms with Crippen molar-refractivity contribution in [1.82, 2.24) is 4.90 Å². The average Bonchev–Trinajstić information content (AvgIpc) is 2.82. The highest BCUT2D eigenvalue weighted by atomic mass is 32.2. The number of benzene rings is 2. The molecule has 26 heavy (non-hydrogen) atoms. The van der Waals surface area contributed by atoms with Gasteiger partial charge in [0.25, 0.3) is 0 Å². The Morgan fingerprint density at radius 2 is 1.65 bits per heavy atom. The molecule has 1 aliphatic rings. The number of sulfone groups is 1. The summed E-state index contributed by atoms with van der Waals surface area (Å²) in [5, 5.41) is -0.529. The van der Waals surface area contributed by atoms with E-state index in [1.807, 2.05) is 67.6 Å². The van der Waals surface area contributed by atoms with Crippen LogP contribution >= 0.6 is 0 Å². The minimum absolute atomic E-state index is 0.0174. The Balaban J connectivity index is 1.80. The zero-order valence-electron chi connectivity index (χ0n) is 15.0. The molecule has 2 aromatic carbocycles. The van der Waals surface area contributed by atoms with Crippen LogP contribution in [0.3, 0.4) is 0 Å². The van der Waals surface area contributed by atoms with Crippen LogP contribution in [0.2, 0.25) is 0 Å². The number of hydrogen-bond acceptors (Lipinski definition) is 3. The molecule has 1 amide bonds. The minimum Gasteiger partial charge on any atom is -0.341 e. The van der Waals surface area contributed by atoms with Gasteiger partial charge in [-0.05, 0) is 24.0 Å². The lowest BCUT2D eigenvalue weighted by molar-refractivity contribution is -0.132. The van der Waals surface area contributed by atoms with Crippen molar-refractivity contribution in [3.63, 3.8) is 0 Å². The Morgan fingerprint density at radius 3 is 2.27 bits per heavy atom. The zero-order valence-corrected chi connectivity index (χ0v) is 15.9. The fourth-order valence-corrected chi connectivity index (χ4v) is 5.46. The highest BCUT2D eigenvalue weighted by Crippen LogP contribution is 2.31. The Labute approximate surface area is 155 Å². The van der Waals surface area contributed by atoms with E-state index in [2.05, 4.69) is 0 Å². The molecule has 1 heterocycles. The van der Waals surface area contributed by atoms with E-state index in [0.29, 0.717) is 19.4 Å². The van der Waals surface area contributed by atoms with Crippen LogP contribution in [0.5, 0.6) is 0 Å². The van der Waals surface area contributed by atoms with Gasteiger partial charge in [-0.3, -0.25) is 4.79 Å². The molecule has 2 aromatic rings. The van der Waals surface area contributed by atoms with Crippen molar-refractivity contribution in [2.45, 2.75) is 30.9 Å². The summed E-state index contributed by atoms with van der Waals surface area (Å²) >= 11 is 0. The second-order valence-corrected chi connectivity index (χ2v) is 9.05. The molecule has 0 radical (unpaired) electrons. The van der Waals surface area contributed by atoms with Gasteiger partial charge in [0, 0.05) is 13.1 Å². The van der Waals surface area contributed by atoms with Crippen molar-refractivity contribution in [2.75, 3.05) is 18.8 Å². The topological polar surface area (TPSA) is 54.5 Å². The first kappa shape index (κ1) is 18.6. The van der Waals surface area contributed by atoms with Gasteiger partial charge in [0.05, 0.1) is 16.9 Å². The van der Waals surface area contributed by atoms with Gasteiger partial charge in [0.1, 0.15) is 0 Å². The van der Waals surface area contributed by atoms with Crippen molar-refractivity contribution >= 4 is 15.7 Å². The van der Waals surface area contributed by atoms with Crippen LogP contribution in [0.1, 0.15) is 42.1 Å². The molecule has 0 N–H and O–H groups in total. The molecular weight excluding hydrogens is 346 g/mol. The summed E-state index contributed by atoms with van der Waals surface area (Å²) < 4.78 is 25.5. The van der Waals surface area contributed by atoms with Crippen molar-refractivity contribution in [3.05, 3.63) is 71.8 Å². The van der Waals surface area contributed by atoms with Gasteiger partial charge in [-0.15, -0.1) is 0 Å². The van der Waals surface area contributed by atoms with Gasteiger partial charge in [0.15, 0.2) is 9.84 Å². The van der Waals surface area contributed by atoms with Crippen LogP contribution < -0.4 is 0 Å². The lowest BCUT2D eigenvalue weighted by Crippen LogP contribution is -2.37. The summed E-state index contributed by atoms with van der Waals surface area (Å²) in [6, 6.07) is 19.1. The van der Waals surface area contributed by atoms with Gasteiger partial charge in [-0.2, -0.15) is 0 Å². The third kappa shape index (κ3) is 3.98. The Hall–Kier alpha value is -2.14. The van der Waals surface area contributed by atoms with E-state index in [9.17, 15) is 13.2 Å². The van der Waals surface area contributed by atoms with E-state index < -0.39 is 15.1 Å². The van der Waals surface area contributed by atoms with Crippen LogP contribution in [0.25, 0.3) is 0 Å². The maximum absolute atomic E-state index is 13.1. The SMILES string of the molecule is CCC(C(=O)N1CCC(c2ccccc2)S(=O)(=O)CC1)c1ccccc1. The molecule has 4 nitrogen and oxygen atoms in total. The van der Waals surface area contributed by atoms with E-state index in [4.69, 9.17) is 0 Å². The summed E-state index contributed by atoms with van der Waals surface area (Å²) in [6.45, 7) is 2.74. The van der Waals surface area contributed by atoms with Crippen molar-refractivity contribution < 1.29 is 13.2 Å². The molecule has 0 aliphatic carbocycles. The number of hydrogen-bond donors (Lipinski definition) is 0. The molecule has 1 aliphatic heterocycles. The van der Waals surface area contributed by atoms with Crippen LogP contribution in [-0.4, -0.2) is 38.1 Å². The third-order valence-corrected chi connectivity index (χ3v) is 7.26. The van der Waals surface area contributed by atoms with Crippen LogP contribution in [0.15, 0.2) is 60.7 Å². The summed E-state index contributed by atoms with van der Waals surface area (Å²) in [5.41, 5.74) is 1.81. The third-order valence-electron chi connectivity index (χ3n) is 5.13. The monoisotopic (exact) mass is 371 g/mol. The first-order valence-corrected chi connectivity index (χ1v) is 10.8. The maximum Gasteiger partial charge on any atom is 0.230 e. The molecule has 1 saturated heterocycles. The normalized spacial score (nSPS) is 21.0.